The van der Waals surface area contributed by atoms with Gasteiger partial charge in [-0.3, -0.25) is 0 Å². The van der Waals surface area contributed by atoms with Gasteiger partial charge in [0.05, 0.1) is 17.9 Å². The summed E-state index contributed by atoms with van der Waals surface area (Å²) in [5.74, 6) is 4.51. The molecule has 0 radical (unpaired) electrons. The summed E-state index contributed by atoms with van der Waals surface area (Å²) in [5, 5.41) is 0. The van der Waals surface area contributed by atoms with Crippen LogP contribution in [0, 0.1) is 23.7 Å². The summed E-state index contributed by atoms with van der Waals surface area (Å²) < 4.78 is 12.1. The first-order chi connectivity index (χ1) is 8.29. The van der Waals surface area contributed by atoms with Gasteiger partial charge in [-0.25, -0.2) is 0 Å². The third kappa shape index (κ3) is 1.62. The maximum absolute atomic E-state index is 6.48. The molecule has 0 aromatic carbocycles. The Labute approximate surface area is 112 Å². The molecule has 4 heteroatoms. The Morgan fingerprint density at radius 2 is 1.65 bits per heavy atom. The molecule has 6 rings (SSSR count). The highest BCUT2D eigenvalue weighted by Crippen LogP contribution is 2.62. The van der Waals surface area contributed by atoms with Crippen LogP contribution in [0.2, 0.25) is 0 Å². The molecule has 0 aromatic heterocycles. The van der Waals surface area contributed by atoms with Crippen LogP contribution in [0.3, 0.4) is 0 Å². The molecule has 17 heavy (non-hydrogen) atoms. The number of alkyl halides is 1. The molecule has 3 saturated carbocycles. The van der Waals surface area contributed by atoms with Crippen LogP contribution in [0.5, 0.6) is 0 Å². The molecule has 1 spiro atoms. The van der Waals surface area contributed by atoms with E-state index in [2.05, 4.69) is 0 Å². The van der Waals surface area contributed by atoms with Crippen LogP contribution in [0.1, 0.15) is 25.7 Å². The minimum absolute atomic E-state index is 0.208. The van der Waals surface area contributed by atoms with E-state index >= 15 is 0 Å². The van der Waals surface area contributed by atoms with Crippen molar-refractivity contribution in [1.82, 2.24) is 0 Å². The number of hydrogen-bond donors (Lipinski definition) is 0. The van der Waals surface area contributed by atoms with E-state index in [1.165, 1.54) is 18.6 Å². The van der Waals surface area contributed by atoms with Crippen LogP contribution < -0.4 is 0 Å². The van der Waals surface area contributed by atoms with Crippen molar-refractivity contribution in [2.24, 2.45) is 23.7 Å². The van der Waals surface area contributed by atoms with Gasteiger partial charge in [0.1, 0.15) is 0 Å². The summed E-state index contributed by atoms with van der Waals surface area (Å²) in [6.07, 6.45) is 4.70. The third-order valence-corrected chi connectivity index (χ3v) is 7.25. The average Bonchev–Trinajstić information content (AvgIpc) is 2.73. The molecule has 3 saturated heterocycles. The van der Waals surface area contributed by atoms with Crippen molar-refractivity contribution in [2.45, 2.75) is 36.2 Å². The first kappa shape index (κ1) is 11.4. The maximum atomic E-state index is 6.48. The summed E-state index contributed by atoms with van der Waals surface area (Å²) in [5.41, 5.74) is 0. The van der Waals surface area contributed by atoms with Gasteiger partial charge in [0.25, 0.3) is 0 Å². The summed E-state index contributed by atoms with van der Waals surface area (Å²) >= 11 is 8.46. The summed E-state index contributed by atoms with van der Waals surface area (Å²) in [7, 11) is 0. The molecule has 3 aliphatic heterocycles. The molecule has 96 valence electrons. The Morgan fingerprint density at radius 3 is 2.24 bits per heavy atom. The zero-order valence-corrected chi connectivity index (χ0v) is 11.5. The molecular formula is C13H19ClO2S. The molecule has 0 aromatic rings. The highest BCUT2D eigenvalue weighted by atomic mass is 35.5. The van der Waals surface area contributed by atoms with Gasteiger partial charge in [0, 0.05) is 12.8 Å². The Morgan fingerprint density at radius 1 is 1.00 bits per heavy atom. The van der Waals surface area contributed by atoms with Crippen LogP contribution in [0.4, 0.5) is 0 Å². The van der Waals surface area contributed by atoms with Crippen molar-refractivity contribution in [3.63, 3.8) is 0 Å². The van der Waals surface area contributed by atoms with E-state index in [4.69, 9.17) is 21.1 Å². The number of thioether (sulfide) groups is 1. The number of ether oxygens (including phenoxy) is 2. The Balaban J connectivity index is 1.52. The van der Waals surface area contributed by atoms with Gasteiger partial charge in [-0.2, -0.15) is 0 Å². The minimum atomic E-state index is -0.208. The highest BCUT2D eigenvalue weighted by molar-refractivity contribution is 8.01. The zero-order chi connectivity index (χ0) is 11.5. The highest BCUT2D eigenvalue weighted by Gasteiger charge is 2.58. The maximum Gasteiger partial charge on any atom is 0.168 e. The third-order valence-electron chi connectivity index (χ3n) is 5.37. The number of fused-ring (bicyclic) bond motifs is 4. The number of rotatable bonds is 0. The summed E-state index contributed by atoms with van der Waals surface area (Å²) in [4.78, 5) is 0. The van der Waals surface area contributed by atoms with Crippen LogP contribution >= 0.6 is 23.4 Å². The lowest BCUT2D eigenvalue weighted by molar-refractivity contribution is -0.194. The number of hydrogen-bond acceptors (Lipinski definition) is 3. The lowest BCUT2D eigenvalue weighted by Gasteiger charge is -2.60. The molecule has 3 aliphatic carbocycles. The fraction of sp³-hybridized carbons (Fsp3) is 1.00. The molecule has 3 unspecified atom stereocenters. The van der Waals surface area contributed by atoms with Crippen molar-refractivity contribution in [3.8, 4) is 0 Å². The van der Waals surface area contributed by atoms with Crippen LogP contribution in [-0.4, -0.2) is 29.5 Å². The topological polar surface area (TPSA) is 18.5 Å². The fourth-order valence-electron chi connectivity index (χ4n) is 4.51. The fourth-order valence-corrected chi connectivity index (χ4v) is 6.63. The monoisotopic (exact) mass is 274 g/mol. The van der Waals surface area contributed by atoms with E-state index < -0.39 is 0 Å². The van der Waals surface area contributed by atoms with E-state index in [0.717, 1.165) is 49.7 Å². The van der Waals surface area contributed by atoms with Gasteiger partial charge in [0.2, 0.25) is 0 Å². The van der Waals surface area contributed by atoms with Crippen molar-refractivity contribution >= 4 is 23.4 Å². The SMILES string of the molecule is ClC1SCC2[C@H]3CCC4(CC[C@@H]2C13)OCCO4. The van der Waals surface area contributed by atoms with Crippen molar-refractivity contribution in [2.75, 3.05) is 19.0 Å². The molecule has 6 fully saturated rings. The standard InChI is InChI=1S/C13H19ClO2S/c14-12-11-8-1-3-13(15-5-6-16-13)4-2-9(11)10(8)7-17-12/h8-12H,1-7H2/t8-,9+,10?,11?,12?. The second-order valence-corrected chi connectivity index (χ2v) is 7.84. The zero-order valence-electron chi connectivity index (χ0n) is 9.94. The van der Waals surface area contributed by atoms with Gasteiger partial charge < -0.3 is 9.47 Å². The molecule has 0 N–H and O–H groups in total. The first-order valence-electron chi connectivity index (χ1n) is 6.83. The van der Waals surface area contributed by atoms with Gasteiger partial charge >= 0.3 is 0 Å². The lowest BCUT2D eigenvalue weighted by Crippen LogP contribution is -2.57. The van der Waals surface area contributed by atoms with E-state index in [1.807, 2.05) is 11.8 Å². The summed E-state index contributed by atoms with van der Waals surface area (Å²) in [6.45, 7) is 1.58. The van der Waals surface area contributed by atoms with Crippen LogP contribution in [0.25, 0.3) is 0 Å². The molecule has 6 aliphatic rings. The summed E-state index contributed by atoms with van der Waals surface area (Å²) in [6, 6.07) is 0. The predicted octanol–water partition coefficient (Wildman–Crippen LogP) is 3.09. The van der Waals surface area contributed by atoms with E-state index in [-0.39, 0.29) is 5.79 Å². The van der Waals surface area contributed by atoms with Gasteiger partial charge in [0.15, 0.2) is 5.79 Å². The second-order valence-electron chi connectivity index (χ2n) is 5.94. The smallest absolute Gasteiger partial charge is 0.168 e. The van der Waals surface area contributed by atoms with Crippen LogP contribution in [-0.2, 0) is 9.47 Å². The molecule has 3 heterocycles. The lowest BCUT2D eigenvalue weighted by atomic mass is 9.53. The van der Waals surface area contributed by atoms with E-state index in [1.54, 1.807) is 0 Å². The average molecular weight is 275 g/mol. The van der Waals surface area contributed by atoms with Crippen molar-refractivity contribution < 1.29 is 9.47 Å². The Hall–Kier alpha value is 0.560. The van der Waals surface area contributed by atoms with Gasteiger partial charge in [-0.1, -0.05) is 0 Å². The first-order valence-corrected chi connectivity index (χ1v) is 8.31. The predicted molar refractivity (Wildman–Crippen MR) is 69.2 cm³/mol. The quantitative estimate of drug-likeness (QED) is 0.633. The van der Waals surface area contributed by atoms with Gasteiger partial charge in [-0.15, -0.1) is 23.4 Å². The normalized spacial score (nSPS) is 51.7. The van der Waals surface area contributed by atoms with E-state index in [9.17, 15) is 0 Å². The molecule has 5 atom stereocenters. The largest absolute Gasteiger partial charge is 0.348 e. The molecule has 0 amide bonds. The molecular weight excluding hydrogens is 256 g/mol. The minimum Gasteiger partial charge on any atom is -0.348 e. The van der Waals surface area contributed by atoms with Gasteiger partial charge in [-0.05, 0) is 42.3 Å². The molecule has 2 nitrogen and oxygen atoms in total. The van der Waals surface area contributed by atoms with Crippen molar-refractivity contribution in [3.05, 3.63) is 0 Å². The second kappa shape index (κ2) is 4.03. The van der Waals surface area contributed by atoms with Crippen LogP contribution in [0.15, 0.2) is 0 Å². The van der Waals surface area contributed by atoms with Crippen molar-refractivity contribution in [1.29, 1.82) is 0 Å². The molecule has 4 bridgehead atoms. The number of halogens is 1. The Kier molecular flexibility index (Phi) is 2.70. The van der Waals surface area contributed by atoms with E-state index in [0.29, 0.717) is 4.71 Å². The Bertz CT molecular complexity index is 301.